The minimum atomic E-state index is -3.54. The van der Waals surface area contributed by atoms with Crippen LogP contribution in [0.1, 0.15) is 13.8 Å². The van der Waals surface area contributed by atoms with Crippen LogP contribution in [-0.4, -0.2) is 36.9 Å². The Morgan fingerprint density at radius 2 is 2.27 bits per heavy atom. The molecule has 0 fully saturated rings. The lowest BCUT2D eigenvalue weighted by Gasteiger charge is -2.21. The average molecular weight is 233 g/mol. The monoisotopic (exact) mass is 233 g/mol. The number of nitrogens with zero attached hydrogens (tertiary/aromatic N) is 1. The van der Waals surface area contributed by atoms with E-state index in [1.165, 1.54) is 12.3 Å². The van der Waals surface area contributed by atoms with Crippen LogP contribution < -0.4 is 4.72 Å². The molecule has 6 nitrogen and oxygen atoms in total. The average Bonchev–Trinajstić information content (AvgIpc) is 2.69. The number of hydrogen-bond donors (Lipinski definition) is 3. The maximum Gasteiger partial charge on any atom is 0.257 e. The normalized spacial score (nSPS) is 13.0. The number of sulfonamides is 1. The van der Waals surface area contributed by atoms with Crippen molar-refractivity contribution in [3.8, 4) is 0 Å². The molecule has 0 atom stereocenters. The van der Waals surface area contributed by atoms with E-state index in [1.54, 1.807) is 13.8 Å². The van der Waals surface area contributed by atoms with Gasteiger partial charge < -0.3 is 5.11 Å². The Morgan fingerprint density at radius 3 is 2.73 bits per heavy atom. The van der Waals surface area contributed by atoms with E-state index < -0.39 is 15.4 Å². The summed E-state index contributed by atoms with van der Waals surface area (Å²) in [6, 6.07) is 1.37. The van der Waals surface area contributed by atoms with Gasteiger partial charge in [0.15, 0.2) is 5.03 Å². The van der Waals surface area contributed by atoms with E-state index in [-0.39, 0.29) is 18.2 Å². The second-order valence-corrected chi connectivity index (χ2v) is 5.80. The highest BCUT2D eigenvalue weighted by Crippen LogP contribution is 2.13. The Bertz CT molecular complexity index is 397. The lowest BCUT2D eigenvalue weighted by atomic mass is 9.96. The van der Waals surface area contributed by atoms with Gasteiger partial charge in [0.2, 0.25) is 0 Å². The molecule has 3 N–H and O–H groups in total. The highest BCUT2D eigenvalue weighted by atomic mass is 32.2. The van der Waals surface area contributed by atoms with Crippen LogP contribution >= 0.6 is 0 Å². The lowest BCUT2D eigenvalue weighted by molar-refractivity contribution is 0.163. The van der Waals surface area contributed by atoms with E-state index >= 15 is 0 Å². The molecule has 0 aliphatic rings. The third kappa shape index (κ3) is 3.29. The second-order valence-electron chi connectivity index (χ2n) is 4.07. The summed E-state index contributed by atoms with van der Waals surface area (Å²) < 4.78 is 25.6. The van der Waals surface area contributed by atoms with Crippen LogP contribution in [0.3, 0.4) is 0 Å². The highest BCUT2D eigenvalue weighted by Gasteiger charge is 2.22. The molecule has 1 aromatic heterocycles. The van der Waals surface area contributed by atoms with E-state index in [0.717, 1.165) is 0 Å². The van der Waals surface area contributed by atoms with E-state index in [2.05, 4.69) is 14.9 Å². The first-order chi connectivity index (χ1) is 6.87. The van der Waals surface area contributed by atoms with Gasteiger partial charge in [-0.3, -0.25) is 5.10 Å². The summed E-state index contributed by atoms with van der Waals surface area (Å²) in [7, 11) is -3.54. The fraction of sp³-hybridized carbons (Fsp3) is 0.625. The molecule has 0 unspecified atom stereocenters. The molecular formula is C8H15N3O3S. The van der Waals surface area contributed by atoms with Gasteiger partial charge in [0.05, 0.1) is 6.20 Å². The predicted octanol–water partition coefficient (Wildman–Crippen LogP) is -0.294. The minimum Gasteiger partial charge on any atom is -0.396 e. The molecule has 0 aliphatic heterocycles. The van der Waals surface area contributed by atoms with Crippen molar-refractivity contribution in [3.63, 3.8) is 0 Å². The third-order valence-corrected chi connectivity index (χ3v) is 3.26. The number of aliphatic hydroxyl groups is 1. The molecule has 0 spiro atoms. The quantitative estimate of drug-likeness (QED) is 0.651. The summed E-state index contributed by atoms with van der Waals surface area (Å²) in [5.41, 5.74) is -0.479. The zero-order valence-electron chi connectivity index (χ0n) is 8.69. The van der Waals surface area contributed by atoms with Gasteiger partial charge in [-0.25, -0.2) is 13.1 Å². The molecule has 0 aliphatic carbocycles. The van der Waals surface area contributed by atoms with E-state index in [9.17, 15) is 8.42 Å². The molecule has 7 heteroatoms. The minimum absolute atomic E-state index is 0.0243. The number of rotatable bonds is 5. The Hall–Kier alpha value is -0.920. The van der Waals surface area contributed by atoms with Crippen LogP contribution in [0.25, 0.3) is 0 Å². The van der Waals surface area contributed by atoms with Crippen molar-refractivity contribution in [3.05, 3.63) is 12.3 Å². The van der Waals surface area contributed by atoms with Gasteiger partial charge in [-0.05, 0) is 6.07 Å². The Morgan fingerprint density at radius 1 is 1.60 bits per heavy atom. The summed E-state index contributed by atoms with van der Waals surface area (Å²) in [5, 5.41) is 14.9. The van der Waals surface area contributed by atoms with Crippen LogP contribution in [0.15, 0.2) is 17.3 Å². The number of nitrogens with one attached hydrogen (secondary N) is 2. The number of aromatic amines is 1. The maximum absolute atomic E-state index is 11.6. The molecule has 15 heavy (non-hydrogen) atoms. The molecule has 0 saturated heterocycles. The van der Waals surface area contributed by atoms with Crippen molar-refractivity contribution in [1.82, 2.24) is 14.9 Å². The van der Waals surface area contributed by atoms with Crippen molar-refractivity contribution in [2.24, 2.45) is 5.41 Å². The lowest BCUT2D eigenvalue weighted by Crippen LogP contribution is -2.36. The van der Waals surface area contributed by atoms with E-state index in [4.69, 9.17) is 5.11 Å². The van der Waals surface area contributed by atoms with Crippen molar-refractivity contribution in [2.75, 3.05) is 13.2 Å². The Balaban J connectivity index is 2.67. The number of H-pyrrole nitrogens is 1. The molecule has 0 amide bonds. The SMILES string of the molecule is CC(C)(CO)CNS(=O)(=O)c1ccn[nH]1. The number of hydrogen-bond acceptors (Lipinski definition) is 4. The summed E-state index contributed by atoms with van der Waals surface area (Å²) in [4.78, 5) is 0. The molecule has 0 aromatic carbocycles. The first kappa shape index (κ1) is 12.2. The predicted molar refractivity (Wildman–Crippen MR) is 54.6 cm³/mol. The van der Waals surface area contributed by atoms with Gasteiger partial charge >= 0.3 is 0 Å². The van der Waals surface area contributed by atoms with Gasteiger partial charge in [0.1, 0.15) is 0 Å². The summed E-state index contributed by atoms with van der Waals surface area (Å²) in [6.07, 6.45) is 1.37. The highest BCUT2D eigenvalue weighted by molar-refractivity contribution is 7.89. The van der Waals surface area contributed by atoms with Crippen LogP contribution in [0.4, 0.5) is 0 Å². The van der Waals surface area contributed by atoms with Crippen molar-refractivity contribution in [2.45, 2.75) is 18.9 Å². The van der Waals surface area contributed by atoms with Gasteiger partial charge in [-0.15, -0.1) is 0 Å². The number of aliphatic hydroxyl groups excluding tert-OH is 1. The molecule has 1 aromatic rings. The Kier molecular flexibility index (Phi) is 3.48. The molecular weight excluding hydrogens is 218 g/mol. The van der Waals surface area contributed by atoms with Crippen LogP contribution in [0.2, 0.25) is 0 Å². The van der Waals surface area contributed by atoms with E-state index in [1.807, 2.05) is 0 Å². The Labute approximate surface area is 88.8 Å². The standard InChI is InChI=1S/C8H15N3O3S/c1-8(2,6-12)5-10-15(13,14)7-3-4-9-11-7/h3-4,10,12H,5-6H2,1-2H3,(H,9,11). The summed E-state index contributed by atoms with van der Waals surface area (Å²) >= 11 is 0. The van der Waals surface area contributed by atoms with Crippen LogP contribution in [0, 0.1) is 5.41 Å². The largest absolute Gasteiger partial charge is 0.396 e. The smallest absolute Gasteiger partial charge is 0.257 e. The molecule has 0 radical (unpaired) electrons. The summed E-state index contributed by atoms with van der Waals surface area (Å²) in [5.74, 6) is 0. The van der Waals surface area contributed by atoms with Crippen molar-refractivity contribution >= 4 is 10.0 Å². The van der Waals surface area contributed by atoms with Gasteiger partial charge in [0, 0.05) is 18.6 Å². The molecule has 86 valence electrons. The molecule has 0 bridgehead atoms. The van der Waals surface area contributed by atoms with Crippen LogP contribution in [0.5, 0.6) is 0 Å². The molecule has 0 saturated carbocycles. The zero-order chi connectivity index (χ0) is 11.5. The first-order valence-electron chi connectivity index (χ1n) is 4.47. The van der Waals surface area contributed by atoms with Gasteiger partial charge in [-0.1, -0.05) is 13.8 Å². The zero-order valence-corrected chi connectivity index (χ0v) is 9.50. The molecule has 1 rings (SSSR count). The first-order valence-corrected chi connectivity index (χ1v) is 5.96. The van der Waals surface area contributed by atoms with Crippen molar-refractivity contribution < 1.29 is 13.5 Å². The third-order valence-electron chi connectivity index (χ3n) is 1.93. The maximum atomic E-state index is 11.6. The fourth-order valence-electron chi connectivity index (χ4n) is 0.817. The second kappa shape index (κ2) is 4.30. The van der Waals surface area contributed by atoms with E-state index in [0.29, 0.717) is 0 Å². The number of aromatic nitrogens is 2. The fourth-order valence-corrected chi connectivity index (χ4v) is 1.97. The molecule has 1 heterocycles. The summed E-state index contributed by atoms with van der Waals surface area (Å²) in [6.45, 7) is 3.62. The van der Waals surface area contributed by atoms with Crippen LogP contribution in [-0.2, 0) is 10.0 Å². The van der Waals surface area contributed by atoms with Crippen molar-refractivity contribution in [1.29, 1.82) is 0 Å². The topological polar surface area (TPSA) is 95.1 Å². The van der Waals surface area contributed by atoms with Gasteiger partial charge in [0.25, 0.3) is 10.0 Å². The van der Waals surface area contributed by atoms with Gasteiger partial charge in [-0.2, -0.15) is 5.10 Å².